The Balaban J connectivity index is 2.33. The van der Waals surface area contributed by atoms with Crippen LogP contribution in [0.3, 0.4) is 0 Å². The fourth-order valence-electron chi connectivity index (χ4n) is 2.30. The van der Waals surface area contributed by atoms with E-state index in [1.54, 1.807) is 0 Å². The molecule has 1 rings (SSSR count). The number of nitrogens with one attached hydrogen (secondary N) is 2. The summed E-state index contributed by atoms with van der Waals surface area (Å²) in [4.78, 5) is 11.7. The molecule has 88 valence electrons. The summed E-state index contributed by atoms with van der Waals surface area (Å²) in [6, 6.07) is 0.395. The number of carbonyl (C=O) groups is 1. The first-order chi connectivity index (χ1) is 6.94. The topological polar surface area (TPSA) is 41.1 Å². The molecule has 1 fully saturated rings. The SMILES string of the molecule is CNCC(C)C(=O)NC1CCC(C)(C)C1. The van der Waals surface area contributed by atoms with Gasteiger partial charge in [-0.2, -0.15) is 0 Å². The molecule has 0 saturated heterocycles. The maximum Gasteiger partial charge on any atom is 0.224 e. The third kappa shape index (κ3) is 3.82. The molecule has 0 aromatic heterocycles. The summed E-state index contributed by atoms with van der Waals surface area (Å²) < 4.78 is 0. The molecule has 0 aliphatic heterocycles. The van der Waals surface area contributed by atoms with E-state index in [4.69, 9.17) is 0 Å². The lowest BCUT2D eigenvalue weighted by molar-refractivity contribution is -0.125. The molecule has 0 aromatic carbocycles. The van der Waals surface area contributed by atoms with Crippen LogP contribution in [0.1, 0.15) is 40.0 Å². The van der Waals surface area contributed by atoms with E-state index in [9.17, 15) is 4.79 Å². The highest BCUT2D eigenvalue weighted by molar-refractivity contribution is 5.78. The molecular weight excluding hydrogens is 188 g/mol. The summed E-state index contributed by atoms with van der Waals surface area (Å²) in [5.41, 5.74) is 0.407. The van der Waals surface area contributed by atoms with E-state index in [0.29, 0.717) is 11.5 Å². The van der Waals surface area contributed by atoms with Crippen LogP contribution in [-0.2, 0) is 4.79 Å². The molecule has 2 N–H and O–H groups in total. The normalized spacial score (nSPS) is 26.3. The van der Waals surface area contributed by atoms with E-state index in [1.165, 1.54) is 6.42 Å². The van der Waals surface area contributed by atoms with Gasteiger partial charge in [0.1, 0.15) is 0 Å². The van der Waals surface area contributed by atoms with Crippen molar-refractivity contribution in [2.24, 2.45) is 11.3 Å². The summed E-state index contributed by atoms with van der Waals surface area (Å²) in [5, 5.41) is 6.17. The number of hydrogen-bond acceptors (Lipinski definition) is 2. The molecule has 2 unspecified atom stereocenters. The van der Waals surface area contributed by atoms with Gasteiger partial charge < -0.3 is 10.6 Å². The average Bonchev–Trinajstić information content (AvgIpc) is 2.46. The smallest absolute Gasteiger partial charge is 0.224 e. The van der Waals surface area contributed by atoms with Crippen LogP contribution in [0, 0.1) is 11.3 Å². The molecule has 0 heterocycles. The Bertz CT molecular complexity index is 226. The van der Waals surface area contributed by atoms with Crippen LogP contribution >= 0.6 is 0 Å². The van der Waals surface area contributed by atoms with Gasteiger partial charge in [-0.3, -0.25) is 4.79 Å². The van der Waals surface area contributed by atoms with Crippen molar-refractivity contribution in [2.75, 3.05) is 13.6 Å². The van der Waals surface area contributed by atoms with Crippen LogP contribution in [-0.4, -0.2) is 25.5 Å². The van der Waals surface area contributed by atoms with Gasteiger partial charge in [0, 0.05) is 18.5 Å². The molecular formula is C12H24N2O. The van der Waals surface area contributed by atoms with Gasteiger partial charge in [-0.15, -0.1) is 0 Å². The van der Waals surface area contributed by atoms with Gasteiger partial charge >= 0.3 is 0 Å². The number of amides is 1. The highest BCUT2D eigenvalue weighted by atomic mass is 16.1. The fourth-order valence-corrected chi connectivity index (χ4v) is 2.30. The maximum atomic E-state index is 11.7. The predicted molar refractivity (Wildman–Crippen MR) is 62.7 cm³/mol. The minimum Gasteiger partial charge on any atom is -0.353 e. The standard InChI is InChI=1S/C12H24N2O/c1-9(8-13-4)11(15)14-10-5-6-12(2,3)7-10/h9-10,13H,5-8H2,1-4H3,(H,14,15). The quantitative estimate of drug-likeness (QED) is 0.742. The van der Waals surface area contributed by atoms with Gasteiger partial charge in [0.2, 0.25) is 5.91 Å². The van der Waals surface area contributed by atoms with Crippen LogP contribution in [0.25, 0.3) is 0 Å². The zero-order chi connectivity index (χ0) is 11.5. The summed E-state index contributed by atoms with van der Waals surface area (Å²) in [6.07, 6.45) is 3.47. The van der Waals surface area contributed by atoms with E-state index in [1.807, 2.05) is 14.0 Å². The molecule has 0 bridgehead atoms. The van der Waals surface area contributed by atoms with Crippen molar-refractivity contribution in [3.05, 3.63) is 0 Å². The molecule has 2 atom stereocenters. The maximum absolute atomic E-state index is 11.7. The second-order valence-corrected chi connectivity index (χ2v) is 5.57. The van der Waals surface area contributed by atoms with Crippen LogP contribution in [0.15, 0.2) is 0 Å². The Morgan fingerprint density at radius 3 is 2.67 bits per heavy atom. The summed E-state index contributed by atoms with van der Waals surface area (Å²) >= 11 is 0. The lowest BCUT2D eigenvalue weighted by atomic mass is 9.92. The van der Waals surface area contributed by atoms with Gasteiger partial charge in [0.05, 0.1) is 0 Å². The Hall–Kier alpha value is -0.570. The Labute approximate surface area is 93.0 Å². The monoisotopic (exact) mass is 212 g/mol. The third-order valence-electron chi connectivity index (χ3n) is 3.27. The highest BCUT2D eigenvalue weighted by Gasteiger charge is 2.32. The second-order valence-electron chi connectivity index (χ2n) is 5.57. The summed E-state index contributed by atoms with van der Waals surface area (Å²) in [5.74, 6) is 0.255. The highest BCUT2D eigenvalue weighted by Crippen LogP contribution is 2.36. The zero-order valence-electron chi connectivity index (χ0n) is 10.4. The number of hydrogen-bond donors (Lipinski definition) is 2. The van der Waals surface area contributed by atoms with E-state index in [-0.39, 0.29) is 11.8 Å². The number of rotatable bonds is 4. The Kier molecular flexibility index (Phi) is 4.14. The van der Waals surface area contributed by atoms with Gasteiger partial charge in [-0.05, 0) is 31.7 Å². The Morgan fingerprint density at radius 2 is 2.20 bits per heavy atom. The number of carbonyl (C=O) groups excluding carboxylic acids is 1. The molecule has 1 saturated carbocycles. The van der Waals surface area contributed by atoms with Crippen molar-refractivity contribution >= 4 is 5.91 Å². The van der Waals surface area contributed by atoms with Gasteiger partial charge in [-0.1, -0.05) is 20.8 Å². The molecule has 3 nitrogen and oxygen atoms in total. The van der Waals surface area contributed by atoms with Gasteiger partial charge in [0.25, 0.3) is 0 Å². The lowest BCUT2D eigenvalue weighted by Crippen LogP contribution is -2.39. The van der Waals surface area contributed by atoms with E-state index < -0.39 is 0 Å². The molecule has 15 heavy (non-hydrogen) atoms. The molecule has 1 amide bonds. The van der Waals surface area contributed by atoms with Crippen LogP contribution in [0.2, 0.25) is 0 Å². The first-order valence-electron chi connectivity index (χ1n) is 5.89. The predicted octanol–water partition coefficient (Wildman–Crippen LogP) is 1.54. The molecule has 1 aliphatic carbocycles. The summed E-state index contributed by atoms with van der Waals surface area (Å²) in [6.45, 7) is 7.26. The molecule has 1 aliphatic rings. The van der Waals surface area contributed by atoms with Crippen LogP contribution in [0.4, 0.5) is 0 Å². The first-order valence-corrected chi connectivity index (χ1v) is 5.89. The van der Waals surface area contributed by atoms with Crippen molar-refractivity contribution in [3.8, 4) is 0 Å². The first kappa shape index (κ1) is 12.5. The van der Waals surface area contributed by atoms with Crippen molar-refractivity contribution in [1.82, 2.24) is 10.6 Å². The average molecular weight is 212 g/mol. The van der Waals surface area contributed by atoms with Crippen molar-refractivity contribution in [2.45, 2.75) is 46.1 Å². The second kappa shape index (κ2) is 4.97. The van der Waals surface area contributed by atoms with E-state index in [2.05, 4.69) is 24.5 Å². The molecule has 0 spiro atoms. The van der Waals surface area contributed by atoms with E-state index >= 15 is 0 Å². The van der Waals surface area contributed by atoms with Crippen molar-refractivity contribution in [1.29, 1.82) is 0 Å². The van der Waals surface area contributed by atoms with Crippen molar-refractivity contribution < 1.29 is 4.79 Å². The molecule has 0 aromatic rings. The lowest BCUT2D eigenvalue weighted by Gasteiger charge is -2.19. The summed E-state index contributed by atoms with van der Waals surface area (Å²) in [7, 11) is 1.88. The fraction of sp³-hybridized carbons (Fsp3) is 0.917. The largest absolute Gasteiger partial charge is 0.353 e. The minimum atomic E-state index is 0.0683. The van der Waals surface area contributed by atoms with Crippen molar-refractivity contribution in [3.63, 3.8) is 0 Å². The minimum absolute atomic E-state index is 0.0683. The van der Waals surface area contributed by atoms with Crippen LogP contribution in [0.5, 0.6) is 0 Å². The third-order valence-corrected chi connectivity index (χ3v) is 3.27. The van der Waals surface area contributed by atoms with Crippen LogP contribution < -0.4 is 10.6 Å². The Morgan fingerprint density at radius 1 is 1.53 bits per heavy atom. The molecule has 3 heteroatoms. The molecule has 0 radical (unpaired) electrons. The zero-order valence-corrected chi connectivity index (χ0v) is 10.4. The van der Waals surface area contributed by atoms with Gasteiger partial charge in [-0.25, -0.2) is 0 Å². The van der Waals surface area contributed by atoms with Gasteiger partial charge in [0.15, 0.2) is 0 Å². The van der Waals surface area contributed by atoms with E-state index in [0.717, 1.165) is 19.4 Å².